The first-order chi connectivity index (χ1) is 6.81. The maximum atomic E-state index is 5.89. The Morgan fingerprint density at radius 3 is 3.14 bits per heavy atom. The van der Waals surface area contributed by atoms with E-state index in [1.54, 1.807) is 0 Å². The summed E-state index contributed by atoms with van der Waals surface area (Å²) in [7, 11) is 0. The Labute approximate surface area is 88.7 Å². The number of hydrogen-bond donors (Lipinski definition) is 2. The topological polar surface area (TPSA) is 50.9 Å². The molecular formula is C10H14ClN3. The van der Waals surface area contributed by atoms with Gasteiger partial charge in [-0.05, 0) is 31.0 Å². The van der Waals surface area contributed by atoms with Crippen molar-refractivity contribution in [2.45, 2.75) is 25.4 Å². The molecule has 2 heterocycles. The van der Waals surface area contributed by atoms with E-state index in [4.69, 9.17) is 17.3 Å². The Hall–Kier alpha value is -0.640. The van der Waals surface area contributed by atoms with Gasteiger partial charge in [-0.25, -0.2) is 4.98 Å². The normalized spacial score (nSPS) is 21.4. The highest BCUT2D eigenvalue weighted by Gasteiger charge is 2.17. The van der Waals surface area contributed by atoms with E-state index < -0.39 is 0 Å². The SMILES string of the molecule is NCc1cc(C2CCCN2)cnc1Cl. The molecule has 0 amide bonds. The predicted molar refractivity (Wildman–Crippen MR) is 57.1 cm³/mol. The monoisotopic (exact) mass is 211 g/mol. The van der Waals surface area contributed by atoms with E-state index in [-0.39, 0.29) is 0 Å². The van der Waals surface area contributed by atoms with Gasteiger partial charge < -0.3 is 11.1 Å². The van der Waals surface area contributed by atoms with Crippen molar-refractivity contribution < 1.29 is 0 Å². The number of nitrogens with one attached hydrogen (secondary N) is 1. The predicted octanol–water partition coefficient (Wildman–Crippen LogP) is 1.62. The number of nitrogens with two attached hydrogens (primary N) is 1. The lowest BCUT2D eigenvalue weighted by Gasteiger charge is -2.11. The van der Waals surface area contributed by atoms with E-state index in [9.17, 15) is 0 Å². The van der Waals surface area contributed by atoms with Crippen LogP contribution in [0.1, 0.15) is 30.0 Å². The highest BCUT2D eigenvalue weighted by Crippen LogP contribution is 2.24. The Kier molecular flexibility index (Phi) is 3.01. The zero-order chi connectivity index (χ0) is 9.97. The summed E-state index contributed by atoms with van der Waals surface area (Å²) >= 11 is 5.89. The minimum absolute atomic E-state index is 0.435. The van der Waals surface area contributed by atoms with Gasteiger partial charge in [0.25, 0.3) is 0 Å². The van der Waals surface area contributed by atoms with Gasteiger partial charge in [-0.1, -0.05) is 11.6 Å². The van der Waals surface area contributed by atoms with Crippen LogP contribution in [-0.4, -0.2) is 11.5 Å². The fourth-order valence-electron chi connectivity index (χ4n) is 1.81. The molecule has 0 aromatic carbocycles. The molecule has 1 aromatic heterocycles. The van der Waals surface area contributed by atoms with Crippen LogP contribution in [-0.2, 0) is 6.54 Å². The summed E-state index contributed by atoms with van der Waals surface area (Å²) in [6, 6.07) is 2.49. The smallest absolute Gasteiger partial charge is 0.133 e. The summed E-state index contributed by atoms with van der Waals surface area (Å²) in [5.41, 5.74) is 7.70. The van der Waals surface area contributed by atoms with E-state index in [1.807, 2.05) is 6.20 Å². The molecule has 0 bridgehead atoms. The highest BCUT2D eigenvalue weighted by atomic mass is 35.5. The molecule has 1 saturated heterocycles. The summed E-state index contributed by atoms with van der Waals surface area (Å²) in [5.74, 6) is 0. The van der Waals surface area contributed by atoms with E-state index in [2.05, 4.69) is 16.4 Å². The second kappa shape index (κ2) is 4.26. The molecule has 1 aliphatic rings. The van der Waals surface area contributed by atoms with Crippen LogP contribution in [0.25, 0.3) is 0 Å². The van der Waals surface area contributed by atoms with Crippen LogP contribution in [0, 0.1) is 0 Å². The average molecular weight is 212 g/mol. The van der Waals surface area contributed by atoms with Crippen molar-refractivity contribution in [3.63, 3.8) is 0 Å². The zero-order valence-electron chi connectivity index (χ0n) is 7.96. The van der Waals surface area contributed by atoms with E-state index in [0.29, 0.717) is 17.7 Å². The molecule has 0 saturated carbocycles. The quantitative estimate of drug-likeness (QED) is 0.731. The van der Waals surface area contributed by atoms with Gasteiger partial charge in [0.15, 0.2) is 0 Å². The molecule has 0 spiro atoms. The lowest BCUT2D eigenvalue weighted by Crippen LogP contribution is -2.13. The average Bonchev–Trinajstić information content (AvgIpc) is 2.71. The van der Waals surface area contributed by atoms with Gasteiger partial charge in [-0.15, -0.1) is 0 Å². The molecule has 1 unspecified atom stereocenters. The van der Waals surface area contributed by atoms with Gasteiger partial charge in [0.05, 0.1) is 0 Å². The third-order valence-electron chi connectivity index (χ3n) is 2.62. The number of nitrogens with zero attached hydrogens (tertiary/aromatic N) is 1. The van der Waals surface area contributed by atoms with Gasteiger partial charge in [0.1, 0.15) is 5.15 Å². The molecule has 3 N–H and O–H groups in total. The minimum atomic E-state index is 0.435. The highest BCUT2D eigenvalue weighted by molar-refractivity contribution is 6.30. The first-order valence-electron chi connectivity index (χ1n) is 4.89. The number of hydrogen-bond acceptors (Lipinski definition) is 3. The molecule has 0 aliphatic carbocycles. The molecule has 3 nitrogen and oxygen atoms in total. The molecule has 1 aliphatic heterocycles. The molecule has 1 aromatic rings. The summed E-state index contributed by atoms with van der Waals surface area (Å²) in [6.45, 7) is 1.54. The number of pyridine rings is 1. The standard InChI is InChI=1S/C10H14ClN3/c11-10-7(5-12)4-8(6-14-10)9-2-1-3-13-9/h4,6,9,13H,1-3,5,12H2. The Morgan fingerprint density at radius 2 is 2.50 bits per heavy atom. The summed E-state index contributed by atoms with van der Waals surface area (Å²) in [5, 5.41) is 3.94. The van der Waals surface area contributed by atoms with Crippen LogP contribution in [0.15, 0.2) is 12.3 Å². The molecule has 4 heteroatoms. The third kappa shape index (κ3) is 1.90. The van der Waals surface area contributed by atoms with Crippen LogP contribution < -0.4 is 11.1 Å². The Balaban J connectivity index is 2.25. The van der Waals surface area contributed by atoms with Crippen LogP contribution in [0.2, 0.25) is 5.15 Å². The summed E-state index contributed by atoms with van der Waals surface area (Å²) in [4.78, 5) is 4.14. The van der Waals surface area contributed by atoms with E-state index in [0.717, 1.165) is 12.1 Å². The first kappa shape index (κ1) is 9.90. The second-order valence-corrected chi connectivity index (χ2v) is 3.93. The fraction of sp³-hybridized carbons (Fsp3) is 0.500. The molecular weight excluding hydrogens is 198 g/mol. The number of aromatic nitrogens is 1. The molecule has 14 heavy (non-hydrogen) atoms. The second-order valence-electron chi connectivity index (χ2n) is 3.57. The van der Waals surface area contributed by atoms with Crippen molar-refractivity contribution in [3.05, 3.63) is 28.5 Å². The van der Waals surface area contributed by atoms with Crippen molar-refractivity contribution in [3.8, 4) is 0 Å². The fourth-order valence-corrected chi connectivity index (χ4v) is 2.00. The van der Waals surface area contributed by atoms with Crippen molar-refractivity contribution >= 4 is 11.6 Å². The van der Waals surface area contributed by atoms with Crippen LogP contribution in [0.3, 0.4) is 0 Å². The third-order valence-corrected chi connectivity index (χ3v) is 2.96. The molecule has 1 fully saturated rings. The maximum Gasteiger partial charge on any atom is 0.133 e. The van der Waals surface area contributed by atoms with Crippen molar-refractivity contribution in [1.29, 1.82) is 0 Å². The number of rotatable bonds is 2. The number of halogens is 1. The first-order valence-corrected chi connectivity index (χ1v) is 5.27. The van der Waals surface area contributed by atoms with Gasteiger partial charge in [0, 0.05) is 24.3 Å². The molecule has 2 rings (SSSR count). The zero-order valence-corrected chi connectivity index (χ0v) is 8.72. The lowest BCUT2D eigenvalue weighted by atomic mass is 10.1. The molecule has 0 radical (unpaired) electrons. The van der Waals surface area contributed by atoms with Gasteiger partial charge >= 0.3 is 0 Å². The largest absolute Gasteiger partial charge is 0.326 e. The van der Waals surface area contributed by atoms with Crippen molar-refractivity contribution in [2.75, 3.05) is 6.54 Å². The van der Waals surface area contributed by atoms with Gasteiger partial charge in [-0.3, -0.25) is 0 Å². The molecule has 1 atom stereocenters. The summed E-state index contributed by atoms with van der Waals surface area (Å²) < 4.78 is 0. The van der Waals surface area contributed by atoms with Crippen LogP contribution in [0.5, 0.6) is 0 Å². The van der Waals surface area contributed by atoms with E-state index in [1.165, 1.54) is 18.4 Å². The molecule has 76 valence electrons. The Bertz CT molecular complexity index is 321. The van der Waals surface area contributed by atoms with Crippen molar-refractivity contribution in [1.82, 2.24) is 10.3 Å². The van der Waals surface area contributed by atoms with Crippen LogP contribution in [0.4, 0.5) is 0 Å². The minimum Gasteiger partial charge on any atom is -0.326 e. The van der Waals surface area contributed by atoms with Crippen molar-refractivity contribution in [2.24, 2.45) is 5.73 Å². The van der Waals surface area contributed by atoms with Crippen LogP contribution >= 0.6 is 11.6 Å². The summed E-state index contributed by atoms with van der Waals surface area (Å²) in [6.07, 6.45) is 4.24. The lowest BCUT2D eigenvalue weighted by molar-refractivity contribution is 0.643. The van der Waals surface area contributed by atoms with Gasteiger partial charge in [0.2, 0.25) is 0 Å². The Morgan fingerprint density at radius 1 is 1.64 bits per heavy atom. The maximum absolute atomic E-state index is 5.89. The van der Waals surface area contributed by atoms with E-state index >= 15 is 0 Å². The van der Waals surface area contributed by atoms with Gasteiger partial charge in [-0.2, -0.15) is 0 Å².